The number of nitrogens with one attached hydrogen (secondary N) is 2. The van der Waals surface area contributed by atoms with Crippen LogP contribution in [0.1, 0.15) is 23.4 Å². The normalized spacial score (nSPS) is 12.1. The third-order valence-corrected chi connectivity index (χ3v) is 4.79. The molecule has 0 saturated carbocycles. The lowest BCUT2D eigenvalue weighted by atomic mass is 10.2. The van der Waals surface area contributed by atoms with E-state index >= 15 is 0 Å². The molecule has 3 nitrogen and oxygen atoms in total. The van der Waals surface area contributed by atoms with Crippen molar-refractivity contribution in [1.82, 2.24) is 10.6 Å². The van der Waals surface area contributed by atoms with Crippen molar-refractivity contribution in [3.05, 3.63) is 56.7 Å². The first kappa shape index (κ1) is 15.2. The van der Waals surface area contributed by atoms with Crippen LogP contribution in [0, 0.1) is 0 Å². The summed E-state index contributed by atoms with van der Waals surface area (Å²) in [5, 5.41) is 8.17. The van der Waals surface area contributed by atoms with Crippen LogP contribution in [-0.4, -0.2) is 12.5 Å². The van der Waals surface area contributed by atoms with E-state index < -0.39 is 0 Å². The van der Waals surface area contributed by atoms with E-state index in [1.54, 1.807) is 11.3 Å². The van der Waals surface area contributed by atoms with Crippen LogP contribution < -0.4 is 10.6 Å². The number of carbonyl (C=O) groups is 1. The second-order valence-corrected chi connectivity index (χ2v) is 6.39. The number of benzene rings is 1. The van der Waals surface area contributed by atoms with Gasteiger partial charge in [0.05, 0.1) is 6.54 Å². The van der Waals surface area contributed by atoms with Crippen LogP contribution in [0.2, 0.25) is 0 Å². The van der Waals surface area contributed by atoms with Gasteiger partial charge < -0.3 is 10.6 Å². The molecule has 0 radical (unpaired) electrons. The molecule has 2 rings (SSSR count). The van der Waals surface area contributed by atoms with Gasteiger partial charge in [0.2, 0.25) is 5.91 Å². The van der Waals surface area contributed by atoms with Gasteiger partial charge in [0, 0.05) is 27.3 Å². The minimum Gasteiger partial charge on any atom is -0.351 e. The first-order valence-corrected chi connectivity index (χ1v) is 8.10. The molecule has 0 aliphatic rings. The van der Waals surface area contributed by atoms with E-state index in [1.807, 2.05) is 35.7 Å². The van der Waals surface area contributed by atoms with Gasteiger partial charge in [-0.2, -0.15) is 0 Å². The zero-order valence-corrected chi connectivity index (χ0v) is 13.6. The molecule has 1 unspecified atom stereocenters. The molecule has 1 amide bonds. The van der Waals surface area contributed by atoms with Crippen molar-refractivity contribution in [2.75, 3.05) is 6.54 Å². The summed E-state index contributed by atoms with van der Waals surface area (Å²) in [5.41, 5.74) is 1.11. The Kier molecular flexibility index (Phi) is 5.76. The number of hydrogen-bond acceptors (Lipinski definition) is 3. The summed E-state index contributed by atoms with van der Waals surface area (Å²) in [5.74, 6) is 0.0105. The zero-order valence-electron chi connectivity index (χ0n) is 11.2. The third-order valence-electron chi connectivity index (χ3n) is 2.92. The summed E-state index contributed by atoms with van der Waals surface area (Å²) in [6.45, 7) is 2.95. The lowest BCUT2D eigenvalue weighted by Crippen LogP contribution is -2.34. The molecular weight excluding hydrogens is 336 g/mol. The first-order valence-electron chi connectivity index (χ1n) is 6.43. The van der Waals surface area contributed by atoms with Gasteiger partial charge in [-0.15, -0.1) is 11.3 Å². The average Bonchev–Trinajstić information content (AvgIpc) is 2.90. The highest BCUT2D eigenvalue weighted by Crippen LogP contribution is 2.24. The topological polar surface area (TPSA) is 41.1 Å². The van der Waals surface area contributed by atoms with Crippen molar-refractivity contribution in [2.45, 2.75) is 19.5 Å². The Labute approximate surface area is 131 Å². The highest BCUT2D eigenvalue weighted by Gasteiger charge is 2.09. The van der Waals surface area contributed by atoms with Crippen LogP contribution >= 0.6 is 27.3 Å². The van der Waals surface area contributed by atoms with Crippen molar-refractivity contribution < 1.29 is 4.79 Å². The predicted octanol–water partition coefficient (Wildman–Crippen LogP) is 3.48. The Morgan fingerprint density at radius 2 is 2.10 bits per heavy atom. The predicted molar refractivity (Wildman–Crippen MR) is 86.7 cm³/mol. The highest BCUT2D eigenvalue weighted by atomic mass is 79.9. The van der Waals surface area contributed by atoms with Crippen LogP contribution in [0.4, 0.5) is 0 Å². The fraction of sp³-hybridized carbons (Fsp3) is 0.267. The average molecular weight is 353 g/mol. The molecule has 1 aromatic heterocycles. The lowest BCUT2D eigenvalue weighted by Gasteiger charge is -2.12. The molecule has 1 heterocycles. The Hall–Kier alpha value is -1.17. The second kappa shape index (κ2) is 7.57. The Morgan fingerprint density at radius 1 is 1.35 bits per heavy atom. The molecule has 5 heteroatoms. The molecule has 0 saturated heterocycles. The van der Waals surface area contributed by atoms with Crippen molar-refractivity contribution in [1.29, 1.82) is 0 Å². The third kappa shape index (κ3) is 4.74. The zero-order chi connectivity index (χ0) is 14.4. The molecule has 2 aromatic rings. The van der Waals surface area contributed by atoms with E-state index in [9.17, 15) is 4.79 Å². The molecule has 0 aliphatic carbocycles. The van der Waals surface area contributed by atoms with Gasteiger partial charge in [-0.25, -0.2) is 0 Å². The molecule has 106 valence electrons. The lowest BCUT2D eigenvalue weighted by molar-refractivity contribution is -0.120. The summed E-state index contributed by atoms with van der Waals surface area (Å²) in [7, 11) is 0. The SMILES string of the molecule is CC(NCC(=O)NCc1ccccc1)c1cc(Br)cs1. The van der Waals surface area contributed by atoms with Gasteiger partial charge in [0.1, 0.15) is 0 Å². The number of carbonyl (C=O) groups excluding carboxylic acids is 1. The number of thiophene rings is 1. The quantitative estimate of drug-likeness (QED) is 0.835. The summed E-state index contributed by atoms with van der Waals surface area (Å²) in [6.07, 6.45) is 0. The van der Waals surface area contributed by atoms with E-state index in [0.29, 0.717) is 13.1 Å². The molecule has 0 fully saturated rings. The smallest absolute Gasteiger partial charge is 0.234 e. The van der Waals surface area contributed by atoms with Crippen molar-refractivity contribution in [2.24, 2.45) is 0 Å². The maximum absolute atomic E-state index is 11.8. The Bertz CT molecular complexity index is 556. The number of halogens is 1. The Morgan fingerprint density at radius 3 is 2.75 bits per heavy atom. The summed E-state index contributed by atoms with van der Waals surface area (Å²) in [4.78, 5) is 13.0. The van der Waals surface area contributed by atoms with Gasteiger partial charge >= 0.3 is 0 Å². The highest BCUT2D eigenvalue weighted by molar-refractivity contribution is 9.10. The monoisotopic (exact) mass is 352 g/mol. The Balaban J connectivity index is 1.72. The van der Waals surface area contributed by atoms with E-state index in [2.05, 4.69) is 39.6 Å². The van der Waals surface area contributed by atoms with Crippen molar-refractivity contribution >= 4 is 33.2 Å². The fourth-order valence-corrected chi connectivity index (χ4v) is 3.24. The van der Waals surface area contributed by atoms with E-state index in [-0.39, 0.29) is 11.9 Å². The van der Waals surface area contributed by atoms with Gasteiger partial charge in [-0.1, -0.05) is 30.3 Å². The van der Waals surface area contributed by atoms with Gasteiger partial charge in [-0.05, 0) is 34.5 Å². The van der Waals surface area contributed by atoms with Gasteiger partial charge in [0.25, 0.3) is 0 Å². The minimum atomic E-state index is 0.0105. The largest absolute Gasteiger partial charge is 0.351 e. The fourth-order valence-electron chi connectivity index (χ4n) is 1.76. The van der Waals surface area contributed by atoms with E-state index in [1.165, 1.54) is 4.88 Å². The second-order valence-electron chi connectivity index (χ2n) is 4.53. The summed E-state index contributed by atoms with van der Waals surface area (Å²) < 4.78 is 1.08. The number of rotatable bonds is 6. The first-order chi connectivity index (χ1) is 9.65. The number of amides is 1. The molecule has 1 aromatic carbocycles. The van der Waals surface area contributed by atoms with Crippen LogP contribution in [0.15, 0.2) is 46.3 Å². The molecule has 0 spiro atoms. The van der Waals surface area contributed by atoms with Crippen LogP contribution in [0.3, 0.4) is 0 Å². The van der Waals surface area contributed by atoms with E-state index in [0.717, 1.165) is 10.0 Å². The molecule has 0 bridgehead atoms. The van der Waals surface area contributed by atoms with Crippen molar-refractivity contribution in [3.63, 3.8) is 0 Å². The van der Waals surface area contributed by atoms with Crippen LogP contribution in [0.25, 0.3) is 0 Å². The van der Waals surface area contributed by atoms with Crippen molar-refractivity contribution in [3.8, 4) is 0 Å². The van der Waals surface area contributed by atoms with Gasteiger partial charge in [-0.3, -0.25) is 4.79 Å². The molecule has 0 aliphatic heterocycles. The van der Waals surface area contributed by atoms with E-state index in [4.69, 9.17) is 0 Å². The molecular formula is C15H17BrN2OS. The maximum Gasteiger partial charge on any atom is 0.234 e. The van der Waals surface area contributed by atoms with Gasteiger partial charge in [0.15, 0.2) is 0 Å². The maximum atomic E-state index is 11.8. The molecule has 20 heavy (non-hydrogen) atoms. The standard InChI is InChI=1S/C15H17BrN2OS/c1-11(14-7-13(16)10-20-14)17-9-15(19)18-8-12-5-3-2-4-6-12/h2-7,10-11,17H,8-9H2,1H3,(H,18,19). The molecule has 1 atom stereocenters. The summed E-state index contributed by atoms with van der Waals surface area (Å²) >= 11 is 5.11. The van der Waals surface area contributed by atoms with Crippen LogP contribution in [0.5, 0.6) is 0 Å². The minimum absolute atomic E-state index is 0.0105. The number of hydrogen-bond donors (Lipinski definition) is 2. The molecule has 2 N–H and O–H groups in total. The van der Waals surface area contributed by atoms with Crippen LogP contribution in [-0.2, 0) is 11.3 Å². The summed E-state index contributed by atoms with van der Waals surface area (Å²) in [6, 6.07) is 12.2.